The molecule has 5 rings (SSSR count). The van der Waals surface area contributed by atoms with E-state index in [0.29, 0.717) is 23.4 Å². The van der Waals surface area contributed by atoms with E-state index in [0.717, 1.165) is 5.69 Å². The number of aromatic nitrogens is 1. The first-order valence-electron chi connectivity index (χ1n) is 11.8. The number of ketones is 4. The smallest absolute Gasteiger partial charge is 0.235 e. The summed E-state index contributed by atoms with van der Waals surface area (Å²) in [6.07, 6.45) is 0.360. The lowest BCUT2D eigenvalue weighted by molar-refractivity contribution is -0.181. The molecule has 3 aliphatic rings. The summed E-state index contributed by atoms with van der Waals surface area (Å²) in [5.41, 5.74) is 5.04. The number of carbonyl (C=O) groups excluding carboxylic acids is 5. The van der Waals surface area contributed by atoms with E-state index in [2.05, 4.69) is 4.98 Å². The highest BCUT2D eigenvalue weighted by atomic mass is 16.3. The standard InChI is InChI=1S/C25H28N4O7/c1-9-27-13-8-14(28(2)3)11-6-10-7-12-18(29(4)5)20(31)17(24(26)34)23(33)25(12,35)22(32)15(10)19(30)16(11)21(13)36-9/h8,10,12,15,17-18,35H,6-7H2,1-5H3,(H2,26,34)/t10-,12-,15?,17?,18-,25-/m1/s1. The number of hydrogen-bond acceptors (Lipinski definition) is 10. The van der Waals surface area contributed by atoms with E-state index < -0.39 is 64.4 Å². The second-order valence-corrected chi connectivity index (χ2v) is 10.5. The first-order valence-corrected chi connectivity index (χ1v) is 11.8. The lowest BCUT2D eigenvalue weighted by Gasteiger charge is -2.52. The van der Waals surface area contributed by atoms with Crippen LogP contribution in [0.15, 0.2) is 10.5 Å². The fraction of sp³-hybridized carbons (Fsp3) is 0.520. The van der Waals surface area contributed by atoms with Crippen molar-refractivity contribution >= 4 is 45.8 Å². The molecule has 2 aromatic rings. The predicted molar refractivity (Wildman–Crippen MR) is 126 cm³/mol. The summed E-state index contributed by atoms with van der Waals surface area (Å²) < 4.78 is 5.75. The van der Waals surface area contributed by atoms with Crippen LogP contribution in [0.3, 0.4) is 0 Å². The topological polar surface area (TPSA) is 164 Å². The Morgan fingerprint density at radius 2 is 1.83 bits per heavy atom. The number of nitrogens with zero attached hydrogens (tertiary/aromatic N) is 3. The van der Waals surface area contributed by atoms with E-state index in [9.17, 15) is 29.1 Å². The molecule has 11 nitrogen and oxygen atoms in total. The largest absolute Gasteiger partial charge is 0.440 e. The van der Waals surface area contributed by atoms with Gasteiger partial charge in [-0.1, -0.05) is 0 Å². The maximum absolute atomic E-state index is 14.0. The third-order valence-corrected chi connectivity index (χ3v) is 8.01. The van der Waals surface area contributed by atoms with Crippen molar-refractivity contribution < 1.29 is 33.5 Å². The van der Waals surface area contributed by atoms with Gasteiger partial charge in [0.2, 0.25) is 5.91 Å². The van der Waals surface area contributed by atoms with E-state index in [4.69, 9.17) is 10.2 Å². The van der Waals surface area contributed by atoms with Crippen LogP contribution in [0.4, 0.5) is 5.69 Å². The Morgan fingerprint density at radius 1 is 1.17 bits per heavy atom. The first kappa shape index (κ1) is 24.3. The monoisotopic (exact) mass is 496 g/mol. The molecular weight excluding hydrogens is 468 g/mol. The number of oxazole rings is 1. The minimum Gasteiger partial charge on any atom is -0.440 e. The van der Waals surface area contributed by atoms with Crippen molar-refractivity contribution in [3.05, 3.63) is 23.1 Å². The summed E-state index contributed by atoms with van der Waals surface area (Å²) in [6.45, 7) is 1.65. The van der Waals surface area contributed by atoms with Gasteiger partial charge >= 0.3 is 0 Å². The molecule has 1 aromatic carbocycles. The average molecular weight is 497 g/mol. The number of hydrogen-bond donors (Lipinski definition) is 2. The van der Waals surface area contributed by atoms with Crippen LogP contribution in [0.1, 0.15) is 28.2 Å². The summed E-state index contributed by atoms with van der Waals surface area (Å²) in [7, 11) is 6.81. The van der Waals surface area contributed by atoms with Crippen LogP contribution >= 0.6 is 0 Å². The Balaban J connectivity index is 1.71. The molecule has 0 radical (unpaired) electrons. The third-order valence-electron chi connectivity index (χ3n) is 8.01. The third kappa shape index (κ3) is 2.99. The van der Waals surface area contributed by atoms with Gasteiger partial charge < -0.3 is 20.2 Å². The number of rotatable bonds is 3. The molecule has 0 saturated heterocycles. The van der Waals surface area contributed by atoms with Crippen molar-refractivity contribution in [3.8, 4) is 0 Å². The van der Waals surface area contributed by atoms with Gasteiger partial charge in [0.1, 0.15) is 5.52 Å². The molecule has 190 valence electrons. The number of fused-ring (bicyclic) bond motifs is 5. The van der Waals surface area contributed by atoms with Gasteiger partial charge in [0.25, 0.3) is 0 Å². The molecule has 0 spiro atoms. The van der Waals surface area contributed by atoms with Gasteiger partial charge in [-0.3, -0.25) is 28.9 Å². The van der Waals surface area contributed by atoms with Crippen molar-refractivity contribution in [3.63, 3.8) is 0 Å². The Hall–Kier alpha value is -3.44. The van der Waals surface area contributed by atoms with Crippen LogP contribution in [0, 0.1) is 30.6 Å². The van der Waals surface area contributed by atoms with Crippen LogP contribution < -0.4 is 10.6 Å². The zero-order valence-electron chi connectivity index (χ0n) is 20.7. The lowest BCUT2D eigenvalue weighted by atomic mass is 9.52. The second-order valence-electron chi connectivity index (χ2n) is 10.5. The Morgan fingerprint density at radius 3 is 2.42 bits per heavy atom. The number of primary amides is 1. The first-order chi connectivity index (χ1) is 16.8. The van der Waals surface area contributed by atoms with Gasteiger partial charge in [0, 0.05) is 32.6 Å². The van der Waals surface area contributed by atoms with Crippen LogP contribution in [0.5, 0.6) is 0 Å². The van der Waals surface area contributed by atoms with E-state index >= 15 is 0 Å². The SMILES string of the molecule is Cc1nc2cc(N(C)C)c3c(c2o1)C(=O)C1C(=O)[C@@]2(O)C(=O)C(C(N)=O)C(=O)[C@H](N(C)C)[C@H]2C[C@H]1C3. The maximum Gasteiger partial charge on any atom is 0.235 e. The molecule has 3 aliphatic carbocycles. The highest BCUT2D eigenvalue weighted by Gasteiger charge is 2.69. The minimum atomic E-state index is -2.69. The van der Waals surface area contributed by atoms with Crippen molar-refractivity contribution in [2.75, 3.05) is 33.1 Å². The van der Waals surface area contributed by atoms with Crippen LogP contribution in [0.2, 0.25) is 0 Å². The lowest BCUT2D eigenvalue weighted by Crippen LogP contribution is -2.74. The summed E-state index contributed by atoms with van der Waals surface area (Å²) in [6, 6.07) is 0.729. The van der Waals surface area contributed by atoms with Gasteiger partial charge in [-0.05, 0) is 44.5 Å². The van der Waals surface area contributed by atoms with E-state index in [1.165, 1.54) is 4.90 Å². The predicted octanol–water partition coefficient (Wildman–Crippen LogP) is -0.323. The Kier molecular flexibility index (Phi) is 5.24. The number of likely N-dealkylation sites (N-methyl/N-ethyl adjacent to an activating group) is 1. The number of amides is 1. The van der Waals surface area contributed by atoms with E-state index in [1.54, 1.807) is 21.0 Å². The fourth-order valence-corrected chi connectivity index (χ4v) is 6.55. The molecule has 0 aliphatic heterocycles. The van der Waals surface area contributed by atoms with Crippen molar-refractivity contribution in [2.24, 2.45) is 29.4 Å². The van der Waals surface area contributed by atoms with Crippen LogP contribution in [-0.2, 0) is 25.6 Å². The number of nitrogens with two attached hydrogens (primary N) is 1. The molecule has 0 bridgehead atoms. The fourth-order valence-electron chi connectivity index (χ4n) is 6.55. The minimum absolute atomic E-state index is 0.0598. The number of Topliss-reactive ketones (excluding diaryl/α,β-unsaturated/α-hetero) is 4. The molecule has 1 heterocycles. The molecule has 2 unspecified atom stereocenters. The molecule has 6 atom stereocenters. The van der Waals surface area contributed by atoms with Crippen LogP contribution in [-0.4, -0.2) is 83.9 Å². The number of aliphatic hydroxyl groups is 1. The van der Waals surface area contributed by atoms with Crippen molar-refractivity contribution in [2.45, 2.75) is 31.4 Å². The molecule has 2 fully saturated rings. The van der Waals surface area contributed by atoms with E-state index in [1.807, 2.05) is 25.1 Å². The maximum atomic E-state index is 14.0. The molecule has 1 amide bonds. The zero-order chi connectivity index (χ0) is 26.4. The van der Waals surface area contributed by atoms with Gasteiger partial charge in [-0.2, -0.15) is 0 Å². The quantitative estimate of drug-likeness (QED) is 0.538. The van der Waals surface area contributed by atoms with Gasteiger partial charge in [0.05, 0.1) is 17.5 Å². The van der Waals surface area contributed by atoms with Gasteiger partial charge in [0.15, 0.2) is 46.1 Å². The molecular formula is C25H28N4O7. The Bertz CT molecular complexity index is 1380. The highest BCUT2D eigenvalue weighted by molar-refractivity contribution is 6.32. The number of aryl methyl sites for hydroxylation is 1. The number of benzene rings is 1. The molecule has 1 aromatic heterocycles. The normalized spacial score (nSPS) is 31.9. The molecule has 36 heavy (non-hydrogen) atoms. The molecule has 3 N–H and O–H groups in total. The Labute approximate surface area is 206 Å². The van der Waals surface area contributed by atoms with Gasteiger partial charge in [-0.25, -0.2) is 4.98 Å². The van der Waals surface area contributed by atoms with Crippen LogP contribution in [0.25, 0.3) is 11.1 Å². The highest BCUT2D eigenvalue weighted by Crippen LogP contribution is 2.51. The molecule has 11 heteroatoms. The average Bonchev–Trinajstić information content (AvgIpc) is 3.14. The summed E-state index contributed by atoms with van der Waals surface area (Å²) in [5.74, 6) is -9.39. The van der Waals surface area contributed by atoms with E-state index in [-0.39, 0.29) is 17.6 Å². The number of carbonyl (C=O) groups is 5. The van der Waals surface area contributed by atoms with Crippen molar-refractivity contribution in [1.29, 1.82) is 0 Å². The summed E-state index contributed by atoms with van der Waals surface area (Å²) >= 11 is 0. The summed E-state index contributed by atoms with van der Waals surface area (Å²) in [5, 5.41) is 11.7. The van der Waals surface area contributed by atoms with Crippen molar-refractivity contribution in [1.82, 2.24) is 9.88 Å². The van der Waals surface area contributed by atoms with Gasteiger partial charge in [-0.15, -0.1) is 0 Å². The zero-order valence-corrected chi connectivity index (χ0v) is 20.7. The number of anilines is 1. The second kappa shape index (κ2) is 7.78. The molecule has 2 saturated carbocycles. The summed E-state index contributed by atoms with van der Waals surface area (Å²) in [4.78, 5) is 74.1.